The van der Waals surface area contributed by atoms with Crippen molar-refractivity contribution in [2.45, 2.75) is 32.6 Å². The second-order valence-corrected chi connectivity index (χ2v) is 3.28. The molecule has 0 spiro atoms. The molecule has 0 aromatic carbocycles. The number of urea groups is 1. The van der Waals surface area contributed by atoms with E-state index in [1.165, 1.54) is 19.3 Å². The first-order valence-electron chi connectivity index (χ1n) is 4.87. The number of hydrogen-bond donors (Lipinski definition) is 1. The van der Waals surface area contributed by atoms with Gasteiger partial charge >= 0.3 is 6.03 Å². The van der Waals surface area contributed by atoms with Gasteiger partial charge in [-0.2, -0.15) is 0 Å². The highest BCUT2D eigenvalue weighted by atomic mass is 16.2. The quantitative estimate of drug-likeness (QED) is 0.493. The average molecular weight is 170 g/mol. The van der Waals surface area contributed by atoms with Crippen molar-refractivity contribution in [3.8, 4) is 0 Å². The molecule has 70 valence electrons. The van der Waals surface area contributed by atoms with E-state index in [4.69, 9.17) is 0 Å². The standard InChI is InChI=1S/C9H18N2O/c1-2-3-4-5-6-10-9(12)11-7-8-11/h2-8H2,1H3,(H,10,12). The minimum absolute atomic E-state index is 0.117. The fourth-order valence-electron chi connectivity index (χ4n) is 1.11. The molecule has 0 aliphatic carbocycles. The molecule has 0 unspecified atom stereocenters. The summed E-state index contributed by atoms with van der Waals surface area (Å²) in [5, 5.41) is 2.89. The van der Waals surface area contributed by atoms with Gasteiger partial charge in [-0.25, -0.2) is 4.79 Å². The van der Waals surface area contributed by atoms with Crippen molar-refractivity contribution in [3.63, 3.8) is 0 Å². The van der Waals surface area contributed by atoms with Crippen LogP contribution in [0.3, 0.4) is 0 Å². The van der Waals surface area contributed by atoms with Gasteiger partial charge in [-0.15, -0.1) is 0 Å². The minimum Gasteiger partial charge on any atom is -0.338 e. The number of carbonyl (C=O) groups is 1. The van der Waals surface area contributed by atoms with E-state index in [1.54, 1.807) is 4.90 Å². The first-order chi connectivity index (χ1) is 5.84. The molecule has 0 aromatic rings. The predicted molar refractivity (Wildman–Crippen MR) is 49.1 cm³/mol. The molecule has 2 amide bonds. The van der Waals surface area contributed by atoms with E-state index in [-0.39, 0.29) is 6.03 Å². The lowest BCUT2D eigenvalue weighted by Gasteiger charge is -2.04. The highest BCUT2D eigenvalue weighted by Gasteiger charge is 2.22. The Bertz CT molecular complexity index is 143. The van der Waals surface area contributed by atoms with Crippen molar-refractivity contribution in [3.05, 3.63) is 0 Å². The maximum atomic E-state index is 11.1. The summed E-state index contributed by atoms with van der Waals surface area (Å²) < 4.78 is 0. The SMILES string of the molecule is CCCCCCNC(=O)N1CC1. The summed E-state index contributed by atoms with van der Waals surface area (Å²) in [6, 6.07) is 0.117. The van der Waals surface area contributed by atoms with Gasteiger partial charge in [-0.1, -0.05) is 26.2 Å². The smallest absolute Gasteiger partial charge is 0.317 e. The Morgan fingerprint density at radius 3 is 2.67 bits per heavy atom. The first kappa shape index (κ1) is 9.36. The Hall–Kier alpha value is -0.730. The number of unbranched alkanes of at least 4 members (excludes halogenated alkanes) is 3. The van der Waals surface area contributed by atoms with Crippen LogP contribution in [0.15, 0.2) is 0 Å². The zero-order valence-corrected chi connectivity index (χ0v) is 7.81. The molecule has 1 aliphatic heterocycles. The third-order valence-corrected chi connectivity index (χ3v) is 2.04. The molecule has 1 heterocycles. The van der Waals surface area contributed by atoms with E-state index >= 15 is 0 Å². The van der Waals surface area contributed by atoms with Crippen LogP contribution in [0.25, 0.3) is 0 Å². The maximum Gasteiger partial charge on any atom is 0.317 e. The number of hydrogen-bond acceptors (Lipinski definition) is 1. The Labute approximate surface area is 74.1 Å². The number of nitrogens with zero attached hydrogens (tertiary/aromatic N) is 1. The minimum atomic E-state index is 0.117. The van der Waals surface area contributed by atoms with Gasteiger partial charge in [0.15, 0.2) is 0 Å². The fraction of sp³-hybridized carbons (Fsp3) is 0.889. The third-order valence-electron chi connectivity index (χ3n) is 2.04. The molecule has 0 bridgehead atoms. The Morgan fingerprint density at radius 2 is 2.08 bits per heavy atom. The van der Waals surface area contributed by atoms with Crippen molar-refractivity contribution in [2.75, 3.05) is 19.6 Å². The molecule has 1 N–H and O–H groups in total. The summed E-state index contributed by atoms with van der Waals surface area (Å²) in [4.78, 5) is 12.9. The van der Waals surface area contributed by atoms with Gasteiger partial charge in [-0.3, -0.25) is 0 Å². The summed E-state index contributed by atoms with van der Waals surface area (Å²) in [7, 11) is 0. The molecule has 1 aliphatic rings. The van der Waals surface area contributed by atoms with Gasteiger partial charge in [0.05, 0.1) is 0 Å². The van der Waals surface area contributed by atoms with Gasteiger partial charge in [-0.05, 0) is 6.42 Å². The molecular formula is C9H18N2O. The van der Waals surface area contributed by atoms with Crippen LogP contribution in [0.2, 0.25) is 0 Å². The predicted octanol–water partition coefficient (Wildman–Crippen LogP) is 1.59. The van der Waals surface area contributed by atoms with Gasteiger partial charge in [0.2, 0.25) is 0 Å². The number of amides is 2. The maximum absolute atomic E-state index is 11.1. The van der Waals surface area contributed by atoms with Crippen LogP contribution in [0.1, 0.15) is 32.6 Å². The van der Waals surface area contributed by atoms with Crippen LogP contribution in [-0.4, -0.2) is 30.6 Å². The van der Waals surface area contributed by atoms with E-state index in [9.17, 15) is 4.79 Å². The number of nitrogens with one attached hydrogen (secondary N) is 1. The fourth-order valence-corrected chi connectivity index (χ4v) is 1.11. The van der Waals surface area contributed by atoms with Crippen molar-refractivity contribution in [1.29, 1.82) is 0 Å². The number of carbonyl (C=O) groups excluding carboxylic acids is 1. The molecule has 1 rings (SSSR count). The highest BCUT2D eigenvalue weighted by Crippen LogP contribution is 2.03. The van der Waals surface area contributed by atoms with E-state index in [0.29, 0.717) is 0 Å². The van der Waals surface area contributed by atoms with E-state index in [0.717, 1.165) is 26.1 Å². The Balaban J connectivity index is 1.84. The molecule has 12 heavy (non-hydrogen) atoms. The molecule has 0 saturated carbocycles. The number of rotatable bonds is 5. The molecule has 3 nitrogen and oxygen atoms in total. The average Bonchev–Trinajstić information content (AvgIpc) is 2.86. The summed E-state index contributed by atoms with van der Waals surface area (Å²) in [6.45, 7) is 4.92. The molecule has 1 saturated heterocycles. The molecule has 3 heteroatoms. The van der Waals surface area contributed by atoms with Crippen molar-refractivity contribution >= 4 is 6.03 Å². The second kappa shape index (κ2) is 5.01. The molecule has 1 fully saturated rings. The monoisotopic (exact) mass is 170 g/mol. The topological polar surface area (TPSA) is 32.1 Å². The van der Waals surface area contributed by atoms with E-state index in [2.05, 4.69) is 12.2 Å². The largest absolute Gasteiger partial charge is 0.338 e. The summed E-state index contributed by atoms with van der Waals surface area (Å²) >= 11 is 0. The van der Waals surface area contributed by atoms with E-state index < -0.39 is 0 Å². The van der Waals surface area contributed by atoms with Gasteiger partial charge in [0, 0.05) is 19.6 Å². The molecule has 0 radical (unpaired) electrons. The lowest BCUT2D eigenvalue weighted by atomic mass is 10.2. The van der Waals surface area contributed by atoms with Gasteiger partial charge < -0.3 is 10.2 Å². The van der Waals surface area contributed by atoms with Crippen molar-refractivity contribution in [1.82, 2.24) is 10.2 Å². The zero-order valence-electron chi connectivity index (χ0n) is 7.81. The third kappa shape index (κ3) is 3.60. The first-order valence-corrected chi connectivity index (χ1v) is 4.87. The highest BCUT2D eigenvalue weighted by molar-refractivity contribution is 5.76. The van der Waals surface area contributed by atoms with Gasteiger partial charge in [0.1, 0.15) is 0 Å². The normalized spacial score (nSPS) is 14.6. The van der Waals surface area contributed by atoms with Crippen LogP contribution < -0.4 is 5.32 Å². The summed E-state index contributed by atoms with van der Waals surface area (Å²) in [6.07, 6.45) is 4.88. The van der Waals surface area contributed by atoms with Crippen LogP contribution >= 0.6 is 0 Å². The molecular weight excluding hydrogens is 152 g/mol. The second-order valence-electron chi connectivity index (χ2n) is 3.28. The Morgan fingerprint density at radius 1 is 1.33 bits per heavy atom. The molecule has 0 atom stereocenters. The van der Waals surface area contributed by atoms with Crippen LogP contribution in [0.5, 0.6) is 0 Å². The van der Waals surface area contributed by atoms with E-state index in [1.807, 2.05) is 0 Å². The van der Waals surface area contributed by atoms with Crippen molar-refractivity contribution < 1.29 is 4.79 Å². The van der Waals surface area contributed by atoms with Gasteiger partial charge in [0.25, 0.3) is 0 Å². The lowest BCUT2D eigenvalue weighted by molar-refractivity contribution is 0.229. The Kier molecular flexibility index (Phi) is 3.91. The summed E-state index contributed by atoms with van der Waals surface area (Å²) in [5.41, 5.74) is 0. The van der Waals surface area contributed by atoms with Crippen LogP contribution in [-0.2, 0) is 0 Å². The summed E-state index contributed by atoms with van der Waals surface area (Å²) in [5.74, 6) is 0. The van der Waals surface area contributed by atoms with Crippen LogP contribution in [0, 0.1) is 0 Å². The molecule has 0 aromatic heterocycles. The van der Waals surface area contributed by atoms with Crippen LogP contribution in [0.4, 0.5) is 4.79 Å². The lowest BCUT2D eigenvalue weighted by Crippen LogP contribution is -2.29. The zero-order chi connectivity index (χ0) is 8.81. The van der Waals surface area contributed by atoms with Crippen molar-refractivity contribution in [2.24, 2.45) is 0 Å².